The normalized spacial score (nSPS) is 15.2. The summed E-state index contributed by atoms with van der Waals surface area (Å²) in [6, 6.07) is 10.9. The summed E-state index contributed by atoms with van der Waals surface area (Å²) in [6.07, 6.45) is 1.02. The van der Waals surface area contributed by atoms with Crippen LogP contribution in [0.4, 0.5) is 4.79 Å². The van der Waals surface area contributed by atoms with Gasteiger partial charge in [-0.25, -0.2) is 9.59 Å². The summed E-state index contributed by atoms with van der Waals surface area (Å²) in [5.74, 6) is 0.0678. The molecule has 2 aromatic rings. The number of hydrogen-bond acceptors (Lipinski definition) is 4. The number of likely N-dealkylation sites (tertiary alicyclic amines) is 1. The molecule has 0 saturated carbocycles. The lowest BCUT2D eigenvalue weighted by atomic mass is 9.93. The minimum atomic E-state index is -0.498. The summed E-state index contributed by atoms with van der Waals surface area (Å²) < 4.78 is 5.32. The molecule has 7 heteroatoms. The summed E-state index contributed by atoms with van der Waals surface area (Å²) in [5.41, 5.74) is 0.670. The number of benzene rings is 1. The van der Waals surface area contributed by atoms with E-state index in [0.717, 1.165) is 5.56 Å². The second kappa shape index (κ2) is 7.16. The molecule has 0 unspecified atom stereocenters. The second-order valence-corrected chi connectivity index (χ2v) is 5.84. The summed E-state index contributed by atoms with van der Waals surface area (Å²) in [7, 11) is 0. The molecule has 7 nitrogen and oxygen atoms in total. The number of aromatic amines is 2. The van der Waals surface area contributed by atoms with Gasteiger partial charge in [0.2, 0.25) is 0 Å². The molecular weight excluding hydrogens is 310 g/mol. The van der Waals surface area contributed by atoms with Crippen LogP contribution in [0, 0.1) is 0 Å². The molecule has 2 heterocycles. The topological polar surface area (TPSA) is 95.3 Å². The fourth-order valence-corrected chi connectivity index (χ4v) is 2.89. The fraction of sp³-hybridized carbons (Fsp3) is 0.353. The Morgan fingerprint density at radius 1 is 1.12 bits per heavy atom. The highest BCUT2D eigenvalue weighted by molar-refractivity contribution is 5.67. The number of ether oxygens (including phenoxy) is 1. The average Bonchev–Trinajstić information content (AvgIpc) is 2.60. The van der Waals surface area contributed by atoms with Crippen molar-refractivity contribution < 1.29 is 9.53 Å². The van der Waals surface area contributed by atoms with E-state index in [9.17, 15) is 14.4 Å². The highest BCUT2D eigenvalue weighted by atomic mass is 16.6. The zero-order chi connectivity index (χ0) is 16.9. The van der Waals surface area contributed by atoms with Gasteiger partial charge in [0.1, 0.15) is 6.61 Å². The van der Waals surface area contributed by atoms with Gasteiger partial charge in [0.05, 0.1) is 0 Å². The Labute approximate surface area is 138 Å². The van der Waals surface area contributed by atoms with Crippen molar-refractivity contribution in [3.05, 3.63) is 68.5 Å². The van der Waals surface area contributed by atoms with E-state index in [2.05, 4.69) is 9.97 Å². The minimum Gasteiger partial charge on any atom is -0.445 e. The maximum absolute atomic E-state index is 12.1. The summed E-state index contributed by atoms with van der Waals surface area (Å²) in [5, 5.41) is 0. The number of H-pyrrole nitrogens is 2. The molecule has 0 radical (unpaired) electrons. The highest BCUT2D eigenvalue weighted by Gasteiger charge is 2.25. The van der Waals surface area contributed by atoms with Crippen LogP contribution in [0.2, 0.25) is 0 Å². The summed E-state index contributed by atoms with van der Waals surface area (Å²) >= 11 is 0. The Kier molecular flexibility index (Phi) is 4.79. The minimum absolute atomic E-state index is 0.0678. The summed E-state index contributed by atoms with van der Waals surface area (Å²) in [4.78, 5) is 41.3. The first kappa shape index (κ1) is 16.0. The van der Waals surface area contributed by atoms with E-state index in [4.69, 9.17) is 4.74 Å². The SMILES string of the molecule is O=C(OCc1ccccc1)N1CCC(c2cc(=O)[nH]c(=O)[nH]2)CC1. The van der Waals surface area contributed by atoms with Crippen LogP contribution in [0.1, 0.15) is 30.0 Å². The molecule has 1 aromatic heterocycles. The number of aromatic nitrogens is 2. The number of nitrogens with zero attached hydrogens (tertiary/aromatic N) is 1. The van der Waals surface area contributed by atoms with Crippen LogP contribution >= 0.6 is 0 Å². The number of piperidine rings is 1. The molecule has 3 rings (SSSR count). The van der Waals surface area contributed by atoms with Gasteiger partial charge in [0.25, 0.3) is 5.56 Å². The first-order chi connectivity index (χ1) is 11.6. The first-order valence-electron chi connectivity index (χ1n) is 7.91. The van der Waals surface area contributed by atoms with Gasteiger partial charge in [-0.2, -0.15) is 0 Å². The lowest BCUT2D eigenvalue weighted by molar-refractivity contribution is 0.0868. The molecule has 1 aromatic carbocycles. The smallest absolute Gasteiger partial charge is 0.410 e. The Bertz CT molecular complexity index is 776. The summed E-state index contributed by atoms with van der Waals surface area (Å²) in [6.45, 7) is 1.32. The molecule has 0 atom stereocenters. The predicted octanol–water partition coefficient (Wildman–Crippen LogP) is 1.58. The average molecular weight is 329 g/mol. The zero-order valence-corrected chi connectivity index (χ0v) is 13.2. The fourth-order valence-electron chi connectivity index (χ4n) is 2.89. The Balaban J connectivity index is 1.53. The van der Waals surface area contributed by atoms with Crippen molar-refractivity contribution in [2.75, 3.05) is 13.1 Å². The third-order valence-electron chi connectivity index (χ3n) is 4.18. The van der Waals surface area contributed by atoms with Gasteiger partial charge in [-0.3, -0.25) is 9.78 Å². The maximum atomic E-state index is 12.1. The number of nitrogens with one attached hydrogen (secondary N) is 2. The predicted molar refractivity (Wildman–Crippen MR) is 87.9 cm³/mol. The van der Waals surface area contributed by atoms with Crippen LogP contribution in [-0.2, 0) is 11.3 Å². The van der Waals surface area contributed by atoms with Crippen LogP contribution in [0.15, 0.2) is 46.0 Å². The molecule has 0 aliphatic carbocycles. The van der Waals surface area contributed by atoms with Crippen LogP contribution in [0.3, 0.4) is 0 Å². The van der Waals surface area contributed by atoms with E-state index in [1.165, 1.54) is 6.07 Å². The first-order valence-corrected chi connectivity index (χ1v) is 7.91. The number of hydrogen-bond donors (Lipinski definition) is 2. The molecule has 1 amide bonds. The lowest BCUT2D eigenvalue weighted by Gasteiger charge is -2.31. The van der Waals surface area contributed by atoms with Crippen molar-refractivity contribution in [1.82, 2.24) is 14.9 Å². The van der Waals surface area contributed by atoms with Crippen LogP contribution in [-0.4, -0.2) is 34.1 Å². The molecule has 1 fully saturated rings. The van der Waals surface area contributed by atoms with Gasteiger partial charge < -0.3 is 14.6 Å². The third-order valence-corrected chi connectivity index (χ3v) is 4.18. The van der Waals surface area contributed by atoms with E-state index in [1.54, 1.807) is 4.90 Å². The van der Waals surface area contributed by atoms with Gasteiger partial charge in [-0.1, -0.05) is 30.3 Å². The number of carbonyl (C=O) groups is 1. The molecule has 24 heavy (non-hydrogen) atoms. The monoisotopic (exact) mass is 329 g/mol. The van der Waals surface area contributed by atoms with Gasteiger partial charge in [0, 0.05) is 30.8 Å². The maximum Gasteiger partial charge on any atom is 0.410 e. The molecule has 126 valence electrons. The van der Waals surface area contributed by atoms with Crippen molar-refractivity contribution in [2.45, 2.75) is 25.4 Å². The van der Waals surface area contributed by atoms with E-state index in [-0.39, 0.29) is 18.6 Å². The highest BCUT2D eigenvalue weighted by Crippen LogP contribution is 2.25. The number of rotatable bonds is 3. The second-order valence-electron chi connectivity index (χ2n) is 5.84. The zero-order valence-electron chi connectivity index (χ0n) is 13.2. The lowest BCUT2D eigenvalue weighted by Crippen LogP contribution is -2.39. The molecular formula is C17H19N3O4. The van der Waals surface area contributed by atoms with Gasteiger partial charge >= 0.3 is 11.8 Å². The van der Waals surface area contributed by atoms with Crippen molar-refractivity contribution in [3.63, 3.8) is 0 Å². The van der Waals surface area contributed by atoms with Crippen LogP contribution < -0.4 is 11.2 Å². The Morgan fingerprint density at radius 2 is 1.83 bits per heavy atom. The van der Waals surface area contributed by atoms with Crippen molar-refractivity contribution in [1.29, 1.82) is 0 Å². The van der Waals surface area contributed by atoms with Gasteiger partial charge in [-0.05, 0) is 18.4 Å². The van der Waals surface area contributed by atoms with Crippen molar-refractivity contribution in [3.8, 4) is 0 Å². The van der Waals surface area contributed by atoms with Gasteiger partial charge in [-0.15, -0.1) is 0 Å². The number of amides is 1. The van der Waals surface area contributed by atoms with Crippen LogP contribution in [0.5, 0.6) is 0 Å². The van der Waals surface area contributed by atoms with E-state index in [1.807, 2.05) is 30.3 Å². The molecule has 0 spiro atoms. The Hall–Kier alpha value is -2.83. The van der Waals surface area contributed by atoms with Gasteiger partial charge in [0.15, 0.2) is 0 Å². The molecule has 1 aliphatic rings. The van der Waals surface area contributed by atoms with E-state index in [0.29, 0.717) is 31.6 Å². The molecule has 1 saturated heterocycles. The van der Waals surface area contributed by atoms with Crippen LogP contribution in [0.25, 0.3) is 0 Å². The third kappa shape index (κ3) is 3.92. The quantitative estimate of drug-likeness (QED) is 0.894. The Morgan fingerprint density at radius 3 is 2.50 bits per heavy atom. The molecule has 1 aliphatic heterocycles. The molecule has 0 bridgehead atoms. The van der Waals surface area contributed by atoms with E-state index >= 15 is 0 Å². The van der Waals surface area contributed by atoms with E-state index < -0.39 is 11.2 Å². The number of carbonyl (C=O) groups excluding carboxylic acids is 1. The standard InChI is InChI=1S/C17H19N3O4/c21-15-10-14(18-16(22)19-15)13-6-8-20(9-7-13)17(23)24-11-12-4-2-1-3-5-12/h1-5,10,13H,6-9,11H2,(H2,18,19,21,22). The van der Waals surface area contributed by atoms with Crippen molar-refractivity contribution >= 4 is 6.09 Å². The van der Waals surface area contributed by atoms with Crippen molar-refractivity contribution in [2.24, 2.45) is 0 Å². The largest absolute Gasteiger partial charge is 0.445 e. The molecule has 2 N–H and O–H groups in total.